The molecule has 0 aromatic heterocycles. The van der Waals surface area contributed by atoms with Gasteiger partial charge in [-0.15, -0.1) is 0 Å². The molecule has 33 heavy (non-hydrogen) atoms. The molecule has 1 atom stereocenters. The molecule has 1 fully saturated rings. The zero-order valence-corrected chi connectivity index (χ0v) is 20.5. The second-order valence-electron chi connectivity index (χ2n) is 8.03. The highest BCUT2D eigenvalue weighted by Crippen LogP contribution is 2.25. The number of nitrogens with zero attached hydrogens (tertiary/aromatic N) is 2. The number of amides is 1. The highest BCUT2D eigenvalue weighted by Gasteiger charge is 2.33. The summed E-state index contributed by atoms with van der Waals surface area (Å²) in [6.45, 7) is 0.727. The quantitative estimate of drug-likeness (QED) is 0.596. The molecule has 1 aliphatic heterocycles. The minimum absolute atomic E-state index is 0.000466. The highest BCUT2D eigenvalue weighted by atomic mass is 32.2. The van der Waals surface area contributed by atoms with Gasteiger partial charge in [-0.05, 0) is 54.8 Å². The summed E-state index contributed by atoms with van der Waals surface area (Å²) in [6, 6.07) is 12.5. The van der Waals surface area contributed by atoms with E-state index in [9.17, 15) is 21.6 Å². The number of piperidine rings is 1. The first-order valence-electron chi connectivity index (χ1n) is 10.5. The van der Waals surface area contributed by atoms with Gasteiger partial charge in [-0.3, -0.25) is 4.79 Å². The molecule has 1 heterocycles. The maximum Gasteiger partial charge on any atom is 0.243 e. The van der Waals surface area contributed by atoms with Crippen LogP contribution in [0.5, 0.6) is 5.75 Å². The van der Waals surface area contributed by atoms with Crippen LogP contribution < -0.4 is 10.1 Å². The number of rotatable bonds is 8. The molecule has 2 aromatic rings. The summed E-state index contributed by atoms with van der Waals surface area (Å²) in [7, 11) is -3.10. The van der Waals surface area contributed by atoms with E-state index in [-0.39, 0.29) is 22.2 Å². The van der Waals surface area contributed by atoms with Crippen LogP contribution in [-0.4, -0.2) is 65.6 Å². The number of methoxy groups -OCH3 is 1. The van der Waals surface area contributed by atoms with E-state index in [2.05, 4.69) is 5.32 Å². The minimum atomic E-state index is -3.85. The average molecular weight is 496 g/mol. The van der Waals surface area contributed by atoms with E-state index >= 15 is 0 Å². The van der Waals surface area contributed by atoms with Crippen molar-refractivity contribution in [2.75, 3.05) is 34.3 Å². The lowest BCUT2D eigenvalue weighted by molar-refractivity contribution is -0.126. The van der Waals surface area contributed by atoms with Gasteiger partial charge >= 0.3 is 0 Å². The van der Waals surface area contributed by atoms with Crippen LogP contribution in [0.2, 0.25) is 0 Å². The van der Waals surface area contributed by atoms with Crippen LogP contribution in [0, 0.1) is 5.92 Å². The van der Waals surface area contributed by atoms with E-state index in [1.165, 1.54) is 42.7 Å². The van der Waals surface area contributed by atoms with Crippen LogP contribution in [0.25, 0.3) is 0 Å². The molecule has 2 aromatic carbocycles. The number of carbonyl (C=O) groups is 1. The molecular formula is C22H29N3O6S2. The van der Waals surface area contributed by atoms with Gasteiger partial charge in [-0.1, -0.05) is 12.1 Å². The lowest BCUT2D eigenvalue weighted by Gasteiger charge is -2.31. The zero-order chi connectivity index (χ0) is 24.2. The molecule has 180 valence electrons. The monoisotopic (exact) mass is 495 g/mol. The van der Waals surface area contributed by atoms with Gasteiger partial charge in [0.2, 0.25) is 26.0 Å². The van der Waals surface area contributed by atoms with Crippen molar-refractivity contribution in [3.8, 4) is 5.75 Å². The van der Waals surface area contributed by atoms with Crippen molar-refractivity contribution in [2.45, 2.75) is 29.2 Å². The Morgan fingerprint density at radius 2 is 1.64 bits per heavy atom. The van der Waals surface area contributed by atoms with Crippen molar-refractivity contribution in [1.82, 2.24) is 13.9 Å². The van der Waals surface area contributed by atoms with Gasteiger partial charge in [-0.2, -0.15) is 4.31 Å². The molecule has 0 unspecified atom stereocenters. The van der Waals surface area contributed by atoms with E-state index in [1.54, 1.807) is 7.11 Å². The van der Waals surface area contributed by atoms with Crippen LogP contribution in [0.15, 0.2) is 58.3 Å². The van der Waals surface area contributed by atoms with E-state index in [0.29, 0.717) is 25.9 Å². The van der Waals surface area contributed by atoms with Crippen molar-refractivity contribution < 1.29 is 26.4 Å². The molecular weight excluding hydrogens is 466 g/mol. The highest BCUT2D eigenvalue weighted by molar-refractivity contribution is 7.89. The van der Waals surface area contributed by atoms with Gasteiger partial charge < -0.3 is 10.1 Å². The van der Waals surface area contributed by atoms with Crippen molar-refractivity contribution in [1.29, 1.82) is 0 Å². The Balaban J connectivity index is 1.66. The van der Waals surface area contributed by atoms with Gasteiger partial charge in [-0.25, -0.2) is 21.1 Å². The topological polar surface area (TPSA) is 113 Å². The zero-order valence-electron chi connectivity index (χ0n) is 18.9. The van der Waals surface area contributed by atoms with Crippen LogP contribution in [0.4, 0.5) is 0 Å². The minimum Gasteiger partial charge on any atom is -0.497 e. The number of carbonyl (C=O) groups excluding carboxylic acids is 1. The maximum absolute atomic E-state index is 13.1. The first-order valence-corrected chi connectivity index (χ1v) is 13.4. The Labute approximate surface area is 195 Å². The number of hydrogen-bond acceptors (Lipinski definition) is 6. The fraction of sp³-hybridized carbons (Fsp3) is 0.409. The number of hydrogen-bond donors (Lipinski definition) is 1. The lowest BCUT2D eigenvalue weighted by Crippen LogP contribution is -2.45. The molecule has 3 rings (SSSR count). The maximum atomic E-state index is 13.1. The van der Waals surface area contributed by atoms with Crippen molar-refractivity contribution in [3.63, 3.8) is 0 Å². The van der Waals surface area contributed by atoms with Crippen LogP contribution in [0.3, 0.4) is 0 Å². The third-order valence-electron chi connectivity index (χ3n) is 5.62. The van der Waals surface area contributed by atoms with Crippen LogP contribution >= 0.6 is 0 Å². The molecule has 11 heteroatoms. The number of benzene rings is 2. The number of sulfonamides is 2. The molecule has 0 spiro atoms. The van der Waals surface area contributed by atoms with Gasteiger partial charge in [0.25, 0.3) is 0 Å². The van der Waals surface area contributed by atoms with E-state index in [4.69, 9.17) is 4.74 Å². The Bertz CT molecular complexity index is 1180. The predicted molar refractivity (Wildman–Crippen MR) is 124 cm³/mol. The predicted octanol–water partition coefficient (Wildman–Crippen LogP) is 1.66. The fourth-order valence-electron chi connectivity index (χ4n) is 3.60. The SMILES string of the molecule is COc1ccc(CNC(=O)[C@H]2CCCN(S(=O)(=O)c3ccc(S(=O)(=O)N(C)C)cc3)C2)cc1. The summed E-state index contributed by atoms with van der Waals surface area (Å²) in [5.74, 6) is 0.0730. The van der Waals surface area contributed by atoms with Crippen molar-refractivity contribution >= 4 is 26.0 Å². The molecule has 1 amide bonds. The molecule has 0 radical (unpaired) electrons. The summed E-state index contributed by atoms with van der Waals surface area (Å²) in [4.78, 5) is 12.7. The average Bonchev–Trinajstić information content (AvgIpc) is 2.82. The van der Waals surface area contributed by atoms with E-state index in [1.807, 2.05) is 24.3 Å². The van der Waals surface area contributed by atoms with Gasteiger partial charge in [0.05, 0.1) is 22.8 Å². The Morgan fingerprint density at radius 3 is 2.21 bits per heavy atom. The smallest absolute Gasteiger partial charge is 0.243 e. The van der Waals surface area contributed by atoms with Crippen LogP contribution in [-0.2, 0) is 31.4 Å². The van der Waals surface area contributed by atoms with E-state index in [0.717, 1.165) is 15.6 Å². The largest absolute Gasteiger partial charge is 0.497 e. The first-order chi connectivity index (χ1) is 15.6. The molecule has 0 aliphatic carbocycles. The van der Waals surface area contributed by atoms with Gasteiger partial charge in [0.1, 0.15) is 5.75 Å². The van der Waals surface area contributed by atoms with Crippen LogP contribution in [0.1, 0.15) is 18.4 Å². The second-order valence-corrected chi connectivity index (χ2v) is 12.1. The van der Waals surface area contributed by atoms with E-state index < -0.39 is 26.0 Å². The number of ether oxygens (including phenoxy) is 1. The summed E-state index contributed by atoms with van der Waals surface area (Å²) in [5, 5.41) is 2.88. The lowest BCUT2D eigenvalue weighted by atomic mass is 9.99. The molecule has 1 aliphatic rings. The Hall–Kier alpha value is -2.47. The van der Waals surface area contributed by atoms with Crippen molar-refractivity contribution in [3.05, 3.63) is 54.1 Å². The summed E-state index contributed by atoms with van der Waals surface area (Å²) < 4.78 is 58.2. The summed E-state index contributed by atoms with van der Waals surface area (Å²) in [6.07, 6.45) is 1.16. The number of nitrogens with one attached hydrogen (secondary N) is 1. The van der Waals surface area contributed by atoms with Crippen molar-refractivity contribution in [2.24, 2.45) is 5.92 Å². The second kappa shape index (κ2) is 10.2. The summed E-state index contributed by atoms with van der Waals surface area (Å²) in [5.41, 5.74) is 0.914. The molecule has 0 saturated carbocycles. The van der Waals surface area contributed by atoms with Gasteiger partial charge in [0, 0.05) is 33.7 Å². The third kappa shape index (κ3) is 5.72. The first kappa shape index (κ1) is 25.2. The summed E-state index contributed by atoms with van der Waals surface area (Å²) >= 11 is 0. The third-order valence-corrected chi connectivity index (χ3v) is 9.33. The molecule has 1 saturated heterocycles. The Kier molecular flexibility index (Phi) is 7.78. The normalized spacial score (nSPS) is 17.6. The fourth-order valence-corrected chi connectivity index (χ4v) is 6.02. The molecule has 1 N–H and O–H groups in total. The standard InChI is InChI=1S/C22H29N3O6S2/c1-24(2)32(27,28)20-10-12-21(13-11-20)33(29,30)25-14-4-5-18(16-25)22(26)23-15-17-6-8-19(31-3)9-7-17/h6-13,18H,4-5,14-16H2,1-3H3,(H,23,26)/t18-/m0/s1. The van der Waals surface area contributed by atoms with Gasteiger partial charge in [0.15, 0.2) is 0 Å². The molecule has 9 nitrogen and oxygen atoms in total. The Morgan fingerprint density at radius 1 is 1.03 bits per heavy atom. The molecule has 0 bridgehead atoms.